The first-order valence-corrected chi connectivity index (χ1v) is 5.57. The summed E-state index contributed by atoms with van der Waals surface area (Å²) in [6.45, 7) is 4.21. The van der Waals surface area contributed by atoms with E-state index < -0.39 is 0 Å². The molecule has 0 fully saturated rings. The number of hydrogen-bond donors (Lipinski definition) is 1. The van der Waals surface area contributed by atoms with Crippen molar-refractivity contribution in [2.75, 3.05) is 6.54 Å². The van der Waals surface area contributed by atoms with Crippen LogP contribution in [0.2, 0.25) is 0 Å². The molecule has 1 aromatic rings. The highest BCUT2D eigenvalue weighted by atomic mass is 32.1. The fourth-order valence-electron chi connectivity index (χ4n) is 1.40. The summed E-state index contributed by atoms with van der Waals surface area (Å²) in [6.07, 6.45) is 0. The summed E-state index contributed by atoms with van der Waals surface area (Å²) in [5.74, 6) is -0.0385. The van der Waals surface area contributed by atoms with Crippen molar-refractivity contribution in [2.45, 2.75) is 19.9 Å². The largest absolute Gasteiger partial charge is 0.392 e. The molecule has 0 aliphatic carbocycles. The van der Waals surface area contributed by atoms with Gasteiger partial charge in [-0.15, -0.1) is 0 Å². The Kier molecular flexibility index (Phi) is 4.43. The minimum atomic E-state index is -0.0385. The quantitative estimate of drug-likeness (QED) is 0.811. The van der Waals surface area contributed by atoms with Crippen molar-refractivity contribution in [1.29, 1.82) is 0 Å². The molecule has 0 radical (unpaired) electrons. The fraction of sp³-hybridized carbons (Fsp3) is 0.333. The molecule has 0 saturated carbocycles. The highest BCUT2D eigenvalue weighted by Gasteiger charge is 2.18. The van der Waals surface area contributed by atoms with Crippen molar-refractivity contribution >= 4 is 23.1 Å². The van der Waals surface area contributed by atoms with Crippen LogP contribution in [0, 0.1) is 0 Å². The molecule has 4 heteroatoms. The van der Waals surface area contributed by atoms with Crippen LogP contribution in [0.1, 0.15) is 24.2 Å². The van der Waals surface area contributed by atoms with Crippen molar-refractivity contribution in [3.8, 4) is 0 Å². The van der Waals surface area contributed by atoms with Crippen molar-refractivity contribution in [2.24, 2.45) is 5.73 Å². The molecule has 0 saturated heterocycles. The van der Waals surface area contributed by atoms with Crippen LogP contribution in [-0.2, 0) is 0 Å². The molecule has 16 heavy (non-hydrogen) atoms. The standard InChI is InChI=1S/C12H16N2OS/c1-9(2)14(8-11(13)16)12(15)10-6-4-3-5-7-10/h3-7,9H,8H2,1-2H3,(H2,13,16). The molecule has 0 bridgehead atoms. The number of carbonyl (C=O) groups excluding carboxylic acids is 1. The van der Waals surface area contributed by atoms with Crippen LogP contribution in [0.5, 0.6) is 0 Å². The van der Waals surface area contributed by atoms with Crippen LogP contribution in [0.3, 0.4) is 0 Å². The maximum absolute atomic E-state index is 12.1. The molecule has 0 heterocycles. The summed E-state index contributed by atoms with van der Waals surface area (Å²) in [7, 11) is 0. The zero-order valence-corrected chi connectivity index (χ0v) is 10.3. The summed E-state index contributed by atoms with van der Waals surface area (Å²) >= 11 is 4.84. The van der Waals surface area contributed by atoms with E-state index in [9.17, 15) is 4.79 Å². The summed E-state index contributed by atoms with van der Waals surface area (Å²) < 4.78 is 0. The molecule has 1 rings (SSSR count). The van der Waals surface area contributed by atoms with Gasteiger partial charge in [-0.1, -0.05) is 30.4 Å². The second-order valence-electron chi connectivity index (χ2n) is 3.86. The van der Waals surface area contributed by atoms with Gasteiger partial charge in [0, 0.05) is 11.6 Å². The van der Waals surface area contributed by atoms with Crippen LogP contribution in [0.25, 0.3) is 0 Å². The van der Waals surface area contributed by atoms with E-state index in [4.69, 9.17) is 18.0 Å². The number of benzene rings is 1. The summed E-state index contributed by atoms with van der Waals surface area (Å²) in [5, 5.41) is 0. The maximum Gasteiger partial charge on any atom is 0.254 e. The highest BCUT2D eigenvalue weighted by Crippen LogP contribution is 2.07. The predicted molar refractivity (Wildman–Crippen MR) is 69.4 cm³/mol. The van der Waals surface area contributed by atoms with Crippen molar-refractivity contribution in [1.82, 2.24) is 4.90 Å². The molecule has 1 amide bonds. The Morgan fingerprint density at radius 2 is 1.94 bits per heavy atom. The Bertz CT molecular complexity index is 376. The number of nitrogens with two attached hydrogens (primary N) is 1. The lowest BCUT2D eigenvalue weighted by Gasteiger charge is -2.26. The highest BCUT2D eigenvalue weighted by molar-refractivity contribution is 7.80. The van der Waals surface area contributed by atoms with Gasteiger partial charge in [0.15, 0.2) is 0 Å². The third-order valence-electron chi connectivity index (χ3n) is 2.23. The van der Waals surface area contributed by atoms with Gasteiger partial charge < -0.3 is 10.6 Å². The molecule has 0 aromatic heterocycles. The van der Waals surface area contributed by atoms with E-state index in [0.29, 0.717) is 17.1 Å². The third kappa shape index (κ3) is 3.31. The number of carbonyl (C=O) groups is 1. The van der Waals surface area contributed by atoms with Gasteiger partial charge >= 0.3 is 0 Å². The summed E-state index contributed by atoms with van der Waals surface area (Å²) in [6, 6.07) is 9.21. The lowest BCUT2D eigenvalue weighted by Crippen LogP contribution is -2.42. The van der Waals surface area contributed by atoms with E-state index in [2.05, 4.69) is 0 Å². The van der Waals surface area contributed by atoms with Crippen LogP contribution in [0.15, 0.2) is 30.3 Å². The first-order chi connectivity index (χ1) is 7.52. The molecule has 2 N–H and O–H groups in total. The maximum atomic E-state index is 12.1. The Morgan fingerprint density at radius 1 is 1.38 bits per heavy atom. The van der Waals surface area contributed by atoms with Gasteiger partial charge in [0.1, 0.15) is 0 Å². The molecule has 0 spiro atoms. The number of hydrogen-bond acceptors (Lipinski definition) is 2. The average Bonchev–Trinajstić information content (AvgIpc) is 2.25. The molecule has 0 aliphatic rings. The van der Waals surface area contributed by atoms with E-state index in [1.54, 1.807) is 17.0 Å². The van der Waals surface area contributed by atoms with Gasteiger partial charge in [-0.2, -0.15) is 0 Å². The Morgan fingerprint density at radius 3 is 2.38 bits per heavy atom. The summed E-state index contributed by atoms with van der Waals surface area (Å²) in [4.78, 5) is 14.1. The van der Waals surface area contributed by atoms with E-state index in [1.807, 2.05) is 32.0 Å². The van der Waals surface area contributed by atoms with E-state index in [1.165, 1.54) is 0 Å². The first kappa shape index (κ1) is 12.6. The number of amides is 1. The minimum absolute atomic E-state index is 0.0385. The van der Waals surface area contributed by atoms with Crippen molar-refractivity contribution < 1.29 is 4.79 Å². The second-order valence-corrected chi connectivity index (χ2v) is 4.38. The molecule has 1 aromatic carbocycles. The summed E-state index contributed by atoms with van der Waals surface area (Å²) in [5.41, 5.74) is 6.14. The smallest absolute Gasteiger partial charge is 0.254 e. The van der Waals surface area contributed by atoms with Crippen LogP contribution in [0.4, 0.5) is 0 Å². The molecule has 3 nitrogen and oxygen atoms in total. The van der Waals surface area contributed by atoms with Gasteiger partial charge in [0.2, 0.25) is 0 Å². The zero-order valence-electron chi connectivity index (χ0n) is 9.51. The Labute approximate surface area is 101 Å². The lowest BCUT2D eigenvalue weighted by molar-refractivity contribution is 0.0736. The van der Waals surface area contributed by atoms with Crippen LogP contribution >= 0.6 is 12.2 Å². The minimum Gasteiger partial charge on any atom is -0.392 e. The van der Waals surface area contributed by atoms with Gasteiger partial charge in [0.05, 0.1) is 11.5 Å². The predicted octanol–water partition coefficient (Wildman–Crippen LogP) is 1.82. The third-order valence-corrected chi connectivity index (χ3v) is 2.36. The molecule has 0 aliphatic heterocycles. The Balaban J connectivity index is 2.88. The van der Waals surface area contributed by atoms with Crippen LogP contribution in [-0.4, -0.2) is 28.4 Å². The molecular formula is C12H16N2OS. The van der Waals surface area contributed by atoms with E-state index in [0.717, 1.165) is 0 Å². The number of nitrogens with zero attached hydrogens (tertiary/aromatic N) is 1. The molecular weight excluding hydrogens is 220 g/mol. The topological polar surface area (TPSA) is 46.3 Å². The second kappa shape index (κ2) is 5.61. The molecule has 86 valence electrons. The molecule has 0 unspecified atom stereocenters. The van der Waals surface area contributed by atoms with Gasteiger partial charge in [-0.05, 0) is 26.0 Å². The number of thiocarbonyl (C=S) groups is 1. The SMILES string of the molecule is CC(C)N(CC(N)=S)C(=O)c1ccccc1. The lowest BCUT2D eigenvalue weighted by atomic mass is 10.1. The van der Waals surface area contributed by atoms with Gasteiger partial charge in [0.25, 0.3) is 5.91 Å². The average molecular weight is 236 g/mol. The normalized spacial score (nSPS) is 10.2. The fourth-order valence-corrected chi connectivity index (χ4v) is 1.54. The molecule has 0 atom stereocenters. The number of rotatable bonds is 4. The van der Waals surface area contributed by atoms with Gasteiger partial charge in [-0.25, -0.2) is 0 Å². The first-order valence-electron chi connectivity index (χ1n) is 5.16. The van der Waals surface area contributed by atoms with Crippen molar-refractivity contribution in [3.05, 3.63) is 35.9 Å². The zero-order chi connectivity index (χ0) is 12.1. The monoisotopic (exact) mass is 236 g/mol. The van der Waals surface area contributed by atoms with E-state index in [-0.39, 0.29) is 11.9 Å². The Hall–Kier alpha value is -1.42. The van der Waals surface area contributed by atoms with Crippen LogP contribution < -0.4 is 5.73 Å². The van der Waals surface area contributed by atoms with Crippen molar-refractivity contribution in [3.63, 3.8) is 0 Å². The van der Waals surface area contributed by atoms with E-state index >= 15 is 0 Å². The van der Waals surface area contributed by atoms with Gasteiger partial charge in [-0.3, -0.25) is 4.79 Å².